The van der Waals surface area contributed by atoms with E-state index in [1.165, 1.54) is 40.6 Å². The highest BCUT2D eigenvalue weighted by Crippen LogP contribution is 2.44. The Labute approximate surface area is 511 Å². The number of sulfonamides is 1. The zero-order valence-corrected chi connectivity index (χ0v) is 51.4. The number of benzene rings is 5. The van der Waals surface area contributed by atoms with Gasteiger partial charge >= 0.3 is 11.5 Å². The van der Waals surface area contributed by atoms with Crippen LogP contribution in [-0.2, 0) is 24.6 Å². The molecule has 5 aromatic carbocycles. The summed E-state index contributed by atoms with van der Waals surface area (Å²) in [6, 6.07) is 33.7. The fraction of sp³-hybridized carbons (Fsp3) is 0.452. The molecule has 3 amide bonds. The number of hydrogen-bond donors (Lipinski definition) is 4. The smallest absolute Gasteiger partial charge is 0.380 e. The van der Waals surface area contributed by atoms with Gasteiger partial charge in [-0.15, -0.1) is 11.8 Å². The summed E-state index contributed by atoms with van der Waals surface area (Å²) in [5.74, 6) is -0.682. The summed E-state index contributed by atoms with van der Waals surface area (Å²) in [7, 11) is -11.0. The van der Waals surface area contributed by atoms with E-state index in [1.54, 1.807) is 17.0 Å². The van der Waals surface area contributed by atoms with E-state index in [9.17, 15) is 44.7 Å². The molecule has 462 valence electrons. The fourth-order valence-electron chi connectivity index (χ4n) is 12.2. The van der Waals surface area contributed by atoms with E-state index in [2.05, 4.69) is 66.3 Å². The molecule has 0 saturated carbocycles. The van der Waals surface area contributed by atoms with Gasteiger partial charge in [0, 0.05) is 149 Å². The quantitative estimate of drug-likeness (QED) is 0.0540. The number of aliphatic hydroxyl groups excluding tert-OH is 1. The van der Waals surface area contributed by atoms with Crippen LogP contribution in [0.1, 0.15) is 61.4 Å². The molecule has 5 aliphatic rings. The van der Waals surface area contributed by atoms with Crippen LogP contribution in [0.5, 0.6) is 0 Å². The van der Waals surface area contributed by atoms with Crippen LogP contribution in [-0.4, -0.2) is 177 Å². The highest BCUT2D eigenvalue weighted by molar-refractivity contribution is 7.99. The molecule has 4 fully saturated rings. The second-order valence-electron chi connectivity index (χ2n) is 23.2. The third-order valence-corrected chi connectivity index (χ3v) is 21.2. The topological polar surface area (TPSA) is 187 Å². The monoisotopic (exact) mass is 1260 g/mol. The summed E-state index contributed by atoms with van der Waals surface area (Å²) in [6.07, 6.45) is 3.86. The lowest BCUT2D eigenvalue weighted by molar-refractivity contribution is -0.0436. The molecule has 24 heteroatoms. The summed E-state index contributed by atoms with van der Waals surface area (Å²) in [4.78, 5) is 38.4. The van der Waals surface area contributed by atoms with Crippen molar-refractivity contribution in [1.82, 2.24) is 24.7 Å². The number of allylic oxidation sites excluding steroid dienone is 1. The number of aliphatic hydroxyl groups is 1. The minimum absolute atomic E-state index is 0.0185. The van der Waals surface area contributed by atoms with E-state index in [1.807, 2.05) is 59.3 Å². The molecule has 1 aliphatic carbocycles. The number of hydrogen-bond acceptors (Lipinski definition) is 15. The maximum Gasteiger partial charge on any atom is 0.501 e. The minimum Gasteiger partial charge on any atom is -0.380 e. The Hall–Kier alpha value is -5.89. The maximum absolute atomic E-state index is 14.4. The highest BCUT2D eigenvalue weighted by atomic mass is 35.5. The van der Waals surface area contributed by atoms with Crippen LogP contribution in [0.3, 0.4) is 0 Å². The van der Waals surface area contributed by atoms with Gasteiger partial charge in [0.15, 0.2) is 0 Å². The number of urea groups is 1. The number of nitrogens with zero attached hydrogens (tertiary/aromatic N) is 6. The SMILES string of the molecule is C[C@@]1(CN2CCN(c3ccc(N4CCC(O)NC4=O)cc3)CC2)CCC(c2ccc(Cl)cc2)=C(CN2CCN(c3ccc(C(=O)NS(=O)(=O)c4ccc(N[C@H](CCN5CCCOCC5)CSc5ccccc5)c(S(=O)(=O)C(F)(F)F)c4)cc3)CC2)C1. The van der Waals surface area contributed by atoms with Crippen LogP contribution in [0.25, 0.3) is 5.57 Å². The average molecular weight is 1260 g/mol. The summed E-state index contributed by atoms with van der Waals surface area (Å²) in [6.45, 7) is 14.4. The zero-order chi connectivity index (χ0) is 60.6. The first-order chi connectivity index (χ1) is 41.2. The van der Waals surface area contributed by atoms with Crippen molar-refractivity contribution in [1.29, 1.82) is 0 Å². The molecule has 4 heterocycles. The molecular weight excluding hydrogens is 1190 g/mol. The molecule has 4 aliphatic heterocycles. The van der Waals surface area contributed by atoms with Gasteiger partial charge in [0.05, 0.1) is 17.2 Å². The van der Waals surface area contributed by atoms with Crippen LogP contribution in [0.4, 0.5) is 40.7 Å². The standard InChI is InChI=1S/C62H75ClF3N9O8S3/c1-61(44-72-31-35-74(36-32-72)51-16-18-52(19-17-51)75-28-24-58(76)68-60(75)78)25-22-55(45-8-12-48(63)13-9-45)47(41-61)42-71-29-33-73(34-30-71)50-14-10-46(11-15-50)59(77)69-86(81,82)54-20-21-56(57(40-54)85(79,80)62(64,65)66)67-49(43-84-53-6-3-2-4-7-53)23-27-70-26-5-38-83-39-37-70/h2-4,6-21,40,49,58,67,76H,5,22-39,41-44H2,1H3,(H,68,78)(H,69,77)/t49-,58?,61-/m1/s1. The van der Waals surface area contributed by atoms with Crippen LogP contribution < -0.4 is 30.1 Å². The molecule has 1 unspecified atom stereocenters. The Kier molecular flexibility index (Phi) is 20.3. The van der Waals surface area contributed by atoms with E-state index < -0.39 is 59.0 Å². The number of ether oxygens (including phenoxy) is 1. The Morgan fingerprint density at radius 2 is 1.44 bits per heavy atom. The molecule has 4 N–H and O–H groups in total. The molecule has 0 spiro atoms. The first-order valence-electron chi connectivity index (χ1n) is 29.3. The van der Waals surface area contributed by atoms with E-state index in [0.717, 1.165) is 119 Å². The van der Waals surface area contributed by atoms with Gasteiger partial charge in [0.2, 0.25) is 0 Å². The van der Waals surface area contributed by atoms with Gasteiger partial charge in [-0.1, -0.05) is 54.4 Å². The summed E-state index contributed by atoms with van der Waals surface area (Å²) >= 11 is 7.81. The van der Waals surface area contributed by atoms with Crippen molar-refractivity contribution in [3.8, 4) is 0 Å². The number of halogens is 4. The van der Waals surface area contributed by atoms with Gasteiger partial charge in [0.1, 0.15) is 11.1 Å². The molecule has 10 rings (SSSR count). The van der Waals surface area contributed by atoms with E-state index in [-0.39, 0.29) is 17.0 Å². The molecule has 3 atom stereocenters. The lowest BCUT2D eigenvalue weighted by Crippen LogP contribution is -2.52. The van der Waals surface area contributed by atoms with Gasteiger partial charge in [-0.3, -0.25) is 19.5 Å². The van der Waals surface area contributed by atoms with Crippen molar-refractivity contribution in [2.75, 3.05) is 131 Å². The number of piperazine rings is 2. The molecule has 5 aromatic rings. The van der Waals surface area contributed by atoms with Crippen molar-refractivity contribution in [3.63, 3.8) is 0 Å². The first-order valence-corrected chi connectivity index (χ1v) is 33.7. The van der Waals surface area contributed by atoms with Crippen molar-refractivity contribution >= 4 is 83.5 Å². The van der Waals surface area contributed by atoms with Crippen LogP contribution >= 0.6 is 23.4 Å². The van der Waals surface area contributed by atoms with Crippen LogP contribution in [0.2, 0.25) is 5.02 Å². The number of amides is 3. The van der Waals surface area contributed by atoms with Gasteiger partial charge < -0.3 is 35.2 Å². The van der Waals surface area contributed by atoms with E-state index >= 15 is 0 Å². The number of alkyl halides is 3. The van der Waals surface area contributed by atoms with Gasteiger partial charge in [-0.25, -0.2) is 26.4 Å². The Balaban J connectivity index is 0.754. The van der Waals surface area contributed by atoms with Crippen molar-refractivity contribution in [2.45, 2.75) is 77.9 Å². The summed E-state index contributed by atoms with van der Waals surface area (Å²) < 4.78 is 105. The van der Waals surface area contributed by atoms with Crippen molar-refractivity contribution < 1.29 is 49.4 Å². The predicted molar refractivity (Wildman–Crippen MR) is 332 cm³/mol. The van der Waals surface area contributed by atoms with Gasteiger partial charge in [0.25, 0.3) is 25.8 Å². The third kappa shape index (κ3) is 15.9. The van der Waals surface area contributed by atoms with Crippen LogP contribution in [0, 0.1) is 5.41 Å². The Bertz CT molecular complexity index is 3400. The maximum atomic E-state index is 14.4. The molecule has 0 aromatic heterocycles. The summed E-state index contributed by atoms with van der Waals surface area (Å²) in [5.41, 5.74) is 0.598. The summed E-state index contributed by atoms with van der Waals surface area (Å²) in [5, 5.41) is 16.1. The third-order valence-electron chi connectivity index (χ3n) is 16.9. The zero-order valence-electron chi connectivity index (χ0n) is 48.2. The normalized spacial score (nSPS) is 21.2. The average Bonchev–Trinajstić information content (AvgIpc) is 1.14. The van der Waals surface area contributed by atoms with E-state index in [4.69, 9.17) is 16.3 Å². The number of sulfone groups is 1. The fourth-order valence-corrected chi connectivity index (χ4v) is 15.3. The van der Waals surface area contributed by atoms with Crippen molar-refractivity contribution in [2.24, 2.45) is 5.41 Å². The number of anilines is 4. The largest absolute Gasteiger partial charge is 0.501 e. The second kappa shape index (κ2) is 27.7. The molecule has 4 saturated heterocycles. The molecule has 86 heavy (non-hydrogen) atoms. The van der Waals surface area contributed by atoms with Gasteiger partial charge in [-0.2, -0.15) is 13.2 Å². The van der Waals surface area contributed by atoms with E-state index in [0.29, 0.717) is 75.6 Å². The van der Waals surface area contributed by atoms with Gasteiger partial charge in [-0.05, 0) is 140 Å². The minimum atomic E-state index is -6.09. The molecular formula is C62H75ClF3N9O8S3. The number of rotatable bonds is 20. The van der Waals surface area contributed by atoms with Crippen LogP contribution in [0.15, 0.2) is 142 Å². The first kappa shape index (κ1) is 63.1. The lowest BCUT2D eigenvalue weighted by Gasteiger charge is -2.44. The number of thioether (sulfide) groups is 1. The predicted octanol–water partition coefficient (Wildman–Crippen LogP) is 9.26. The molecule has 17 nitrogen and oxygen atoms in total. The number of carbonyl (C=O) groups is 2. The lowest BCUT2D eigenvalue weighted by atomic mass is 9.71. The second-order valence-corrected chi connectivity index (χ2v) is 28.3. The molecule has 0 bridgehead atoms. The Morgan fingerprint density at radius 3 is 2.10 bits per heavy atom. The highest BCUT2D eigenvalue weighted by Gasteiger charge is 2.49. The Morgan fingerprint density at radius 1 is 0.791 bits per heavy atom. The molecule has 0 radical (unpaired) electrons. The number of carbonyl (C=O) groups excluding carboxylic acids is 2. The van der Waals surface area contributed by atoms with Crippen molar-refractivity contribution in [3.05, 3.63) is 143 Å². The number of nitrogens with one attached hydrogen (secondary N) is 3.